The highest BCUT2D eigenvalue weighted by molar-refractivity contribution is 5.94. The molecular formula is C11H16NO3. The fraction of sp³-hybridized carbons (Fsp3) is 0.545. The Balaban J connectivity index is 2.37. The van der Waals surface area contributed by atoms with Crippen molar-refractivity contribution in [2.45, 2.75) is 32.4 Å². The van der Waals surface area contributed by atoms with Crippen LogP contribution in [0, 0.1) is 6.42 Å². The number of hydrogen-bond donors (Lipinski definition) is 1. The summed E-state index contributed by atoms with van der Waals surface area (Å²) in [6.45, 7) is 7.39. The summed E-state index contributed by atoms with van der Waals surface area (Å²) in [6, 6.07) is -0.501. The lowest BCUT2D eigenvalue weighted by Crippen LogP contribution is -2.43. The molecule has 1 aliphatic heterocycles. The van der Waals surface area contributed by atoms with Gasteiger partial charge >= 0.3 is 0 Å². The van der Waals surface area contributed by atoms with Crippen LogP contribution in [0.15, 0.2) is 12.2 Å². The maximum Gasteiger partial charge on any atom is 0.224 e. The molecule has 0 aromatic carbocycles. The number of carbonyl (C=O) groups excluding carboxylic acids is 2. The van der Waals surface area contributed by atoms with Crippen molar-refractivity contribution in [1.29, 1.82) is 0 Å². The van der Waals surface area contributed by atoms with Crippen LogP contribution in [0.3, 0.4) is 0 Å². The lowest BCUT2D eigenvalue weighted by Gasteiger charge is -2.14. The van der Waals surface area contributed by atoms with Crippen molar-refractivity contribution < 1.29 is 14.3 Å². The molecule has 1 heterocycles. The van der Waals surface area contributed by atoms with Crippen molar-refractivity contribution in [3.63, 3.8) is 0 Å². The molecule has 0 saturated carbocycles. The van der Waals surface area contributed by atoms with Crippen LogP contribution >= 0.6 is 0 Å². The lowest BCUT2D eigenvalue weighted by atomic mass is 10.1. The van der Waals surface area contributed by atoms with Gasteiger partial charge in [-0.15, -0.1) is 6.58 Å². The summed E-state index contributed by atoms with van der Waals surface area (Å²) in [4.78, 5) is 22.7. The second-order valence-corrected chi connectivity index (χ2v) is 3.83. The molecule has 0 aromatic rings. The van der Waals surface area contributed by atoms with E-state index in [1.807, 2.05) is 6.92 Å². The van der Waals surface area contributed by atoms with Gasteiger partial charge in [0.25, 0.3) is 0 Å². The normalized spacial score (nSPS) is 25.3. The van der Waals surface area contributed by atoms with Gasteiger partial charge in [0.1, 0.15) is 12.6 Å². The van der Waals surface area contributed by atoms with Gasteiger partial charge in [0.15, 0.2) is 5.78 Å². The Morgan fingerprint density at radius 2 is 2.40 bits per heavy atom. The van der Waals surface area contributed by atoms with Crippen LogP contribution in [0.2, 0.25) is 0 Å². The monoisotopic (exact) mass is 210 g/mol. The third-order valence-electron chi connectivity index (χ3n) is 2.24. The van der Waals surface area contributed by atoms with E-state index >= 15 is 0 Å². The fourth-order valence-electron chi connectivity index (χ4n) is 1.34. The molecule has 0 bridgehead atoms. The molecule has 0 aliphatic carbocycles. The zero-order valence-corrected chi connectivity index (χ0v) is 9.08. The topological polar surface area (TPSA) is 55.4 Å². The number of amides is 1. The highest BCUT2D eigenvalue weighted by Crippen LogP contribution is 2.10. The molecule has 1 fully saturated rings. The Hall–Kier alpha value is -1.16. The van der Waals surface area contributed by atoms with Gasteiger partial charge < -0.3 is 10.1 Å². The molecule has 1 aliphatic rings. The van der Waals surface area contributed by atoms with Gasteiger partial charge in [-0.05, 0) is 20.3 Å². The van der Waals surface area contributed by atoms with E-state index in [2.05, 4.69) is 11.9 Å². The van der Waals surface area contributed by atoms with Crippen molar-refractivity contribution in [1.82, 2.24) is 5.32 Å². The number of ketones is 1. The van der Waals surface area contributed by atoms with Crippen molar-refractivity contribution >= 4 is 11.7 Å². The Bertz CT molecular complexity index is 286. The predicted octanol–water partition coefficient (Wildman–Crippen LogP) is 0.629. The van der Waals surface area contributed by atoms with Crippen LogP contribution in [0.5, 0.6) is 0 Å². The van der Waals surface area contributed by atoms with Crippen LogP contribution in [-0.4, -0.2) is 30.4 Å². The maximum atomic E-state index is 11.4. The van der Waals surface area contributed by atoms with E-state index in [0.717, 1.165) is 5.57 Å². The van der Waals surface area contributed by atoms with E-state index in [4.69, 9.17) is 4.74 Å². The Morgan fingerprint density at radius 1 is 1.73 bits per heavy atom. The molecule has 15 heavy (non-hydrogen) atoms. The third kappa shape index (κ3) is 3.47. The smallest absolute Gasteiger partial charge is 0.224 e. The molecule has 1 radical (unpaired) electrons. The van der Waals surface area contributed by atoms with Crippen molar-refractivity contribution in [2.75, 3.05) is 6.61 Å². The van der Waals surface area contributed by atoms with Crippen LogP contribution in [0.1, 0.15) is 20.3 Å². The van der Waals surface area contributed by atoms with Crippen molar-refractivity contribution in [3.8, 4) is 0 Å². The third-order valence-corrected chi connectivity index (χ3v) is 2.24. The van der Waals surface area contributed by atoms with E-state index in [1.165, 1.54) is 6.42 Å². The summed E-state index contributed by atoms with van der Waals surface area (Å²) >= 11 is 0. The average Bonchev–Trinajstić information content (AvgIpc) is 2.46. The van der Waals surface area contributed by atoms with E-state index in [0.29, 0.717) is 6.42 Å². The Morgan fingerprint density at radius 3 is 2.87 bits per heavy atom. The molecule has 83 valence electrons. The zero-order chi connectivity index (χ0) is 11.4. The second-order valence-electron chi connectivity index (χ2n) is 3.83. The number of Topliss-reactive ketones (excluding diaryl/α,β-unsaturated/α-hetero) is 1. The lowest BCUT2D eigenvalue weighted by molar-refractivity contribution is -0.124. The van der Waals surface area contributed by atoms with Crippen molar-refractivity contribution in [2.24, 2.45) is 0 Å². The van der Waals surface area contributed by atoms with Crippen LogP contribution < -0.4 is 5.32 Å². The number of rotatable bonds is 4. The first kappa shape index (κ1) is 11.9. The van der Waals surface area contributed by atoms with Gasteiger partial charge in [-0.3, -0.25) is 9.59 Å². The molecular weight excluding hydrogens is 194 g/mol. The first-order chi connectivity index (χ1) is 7.00. The maximum absolute atomic E-state index is 11.4. The summed E-state index contributed by atoms with van der Waals surface area (Å²) in [6.07, 6.45) is 1.78. The van der Waals surface area contributed by atoms with Gasteiger partial charge in [-0.25, -0.2) is 0 Å². The van der Waals surface area contributed by atoms with Gasteiger partial charge in [-0.2, -0.15) is 0 Å². The first-order valence-electron chi connectivity index (χ1n) is 4.93. The zero-order valence-electron chi connectivity index (χ0n) is 9.08. The summed E-state index contributed by atoms with van der Waals surface area (Å²) < 4.78 is 5.11. The predicted molar refractivity (Wildman–Crippen MR) is 56.1 cm³/mol. The van der Waals surface area contributed by atoms with E-state index in [9.17, 15) is 9.59 Å². The molecule has 2 atom stereocenters. The van der Waals surface area contributed by atoms with Crippen LogP contribution in [0.4, 0.5) is 0 Å². The van der Waals surface area contributed by atoms with Crippen LogP contribution in [0.25, 0.3) is 0 Å². The highest BCUT2D eigenvalue weighted by atomic mass is 16.5. The van der Waals surface area contributed by atoms with Crippen molar-refractivity contribution in [3.05, 3.63) is 18.6 Å². The number of ether oxygens (including phenoxy) is 1. The quantitative estimate of drug-likeness (QED) is 0.692. The first-order valence-corrected chi connectivity index (χ1v) is 4.93. The fourth-order valence-corrected chi connectivity index (χ4v) is 1.34. The summed E-state index contributed by atoms with van der Waals surface area (Å²) in [5.41, 5.74) is 0.909. The average molecular weight is 210 g/mol. The van der Waals surface area contributed by atoms with E-state index in [1.54, 1.807) is 6.92 Å². The van der Waals surface area contributed by atoms with Gasteiger partial charge in [0.05, 0.1) is 12.5 Å². The Labute approximate surface area is 89.7 Å². The van der Waals surface area contributed by atoms with Gasteiger partial charge in [0, 0.05) is 0 Å². The highest BCUT2D eigenvalue weighted by Gasteiger charge is 2.33. The molecule has 0 aromatic heterocycles. The molecule has 1 rings (SSSR count). The van der Waals surface area contributed by atoms with Crippen LogP contribution in [-0.2, 0) is 14.3 Å². The van der Waals surface area contributed by atoms with E-state index < -0.39 is 6.04 Å². The minimum atomic E-state index is -0.501. The number of hydrogen-bond acceptors (Lipinski definition) is 3. The SMILES string of the molecule is C=C(C)C[CH]C(=O)N[C@@H]1C(=O)CO[C@@H]1C. The molecule has 1 amide bonds. The summed E-state index contributed by atoms with van der Waals surface area (Å²) in [5, 5.41) is 2.62. The van der Waals surface area contributed by atoms with Gasteiger partial charge in [0.2, 0.25) is 5.91 Å². The van der Waals surface area contributed by atoms with E-state index in [-0.39, 0.29) is 24.4 Å². The molecule has 4 heteroatoms. The standard InChI is InChI=1S/C11H16NO3/c1-7(2)4-5-10(14)12-11-8(3)15-6-9(11)13/h5,8,11H,1,4,6H2,2-3H3,(H,12,14)/t8-,11+/m1/s1. The molecule has 0 unspecified atom stereocenters. The Kier molecular flexibility index (Phi) is 4.03. The molecule has 0 spiro atoms. The minimum absolute atomic E-state index is 0.0698. The summed E-state index contributed by atoms with van der Waals surface area (Å²) in [5.74, 6) is -0.312. The largest absolute Gasteiger partial charge is 0.368 e. The molecule has 1 saturated heterocycles. The second kappa shape index (κ2) is 5.07. The number of carbonyl (C=O) groups is 2. The minimum Gasteiger partial charge on any atom is -0.368 e. The summed E-state index contributed by atoms with van der Waals surface area (Å²) in [7, 11) is 0. The van der Waals surface area contributed by atoms with Gasteiger partial charge in [-0.1, -0.05) is 5.57 Å². The number of nitrogens with one attached hydrogen (secondary N) is 1. The number of allylic oxidation sites excluding steroid dienone is 1. The molecule has 4 nitrogen and oxygen atoms in total. The molecule has 1 N–H and O–H groups in total.